The third kappa shape index (κ3) is 3.21. The second kappa shape index (κ2) is 7.27. The Kier molecular flexibility index (Phi) is 4.69. The summed E-state index contributed by atoms with van der Waals surface area (Å²) in [6, 6.07) is 16.7. The summed E-state index contributed by atoms with van der Waals surface area (Å²) in [5.74, 6) is 2.44. The number of rotatable bonds is 5. The first-order valence-electron chi connectivity index (χ1n) is 8.75. The SMILES string of the molecule is COc1ccc(-c2ccccc2)cc1CN1CCn2c(CO)nnc2C1. The lowest BCUT2D eigenvalue weighted by atomic mass is 10.0. The molecule has 2 aromatic carbocycles. The van der Waals surface area contributed by atoms with E-state index < -0.39 is 0 Å². The predicted molar refractivity (Wildman–Crippen MR) is 98.5 cm³/mol. The van der Waals surface area contributed by atoms with Crippen LogP contribution in [0.4, 0.5) is 0 Å². The second-order valence-electron chi connectivity index (χ2n) is 6.45. The monoisotopic (exact) mass is 350 g/mol. The molecule has 3 aromatic rings. The van der Waals surface area contributed by atoms with Gasteiger partial charge in [-0.3, -0.25) is 4.90 Å². The summed E-state index contributed by atoms with van der Waals surface area (Å²) >= 11 is 0. The van der Waals surface area contributed by atoms with Gasteiger partial charge in [0.2, 0.25) is 0 Å². The third-order valence-electron chi connectivity index (χ3n) is 4.83. The Balaban J connectivity index is 1.57. The fourth-order valence-electron chi connectivity index (χ4n) is 3.47. The van der Waals surface area contributed by atoms with Gasteiger partial charge < -0.3 is 14.4 Å². The normalized spacial score (nSPS) is 14.2. The van der Waals surface area contributed by atoms with Gasteiger partial charge in [-0.15, -0.1) is 10.2 Å². The molecule has 6 heteroatoms. The molecule has 4 rings (SSSR count). The Hall–Kier alpha value is -2.70. The first-order valence-corrected chi connectivity index (χ1v) is 8.75. The minimum Gasteiger partial charge on any atom is -0.496 e. The second-order valence-corrected chi connectivity index (χ2v) is 6.45. The van der Waals surface area contributed by atoms with Crippen molar-refractivity contribution < 1.29 is 9.84 Å². The van der Waals surface area contributed by atoms with Crippen LogP contribution in [-0.2, 0) is 26.2 Å². The lowest BCUT2D eigenvalue weighted by Crippen LogP contribution is -2.34. The van der Waals surface area contributed by atoms with Gasteiger partial charge in [0.25, 0.3) is 0 Å². The lowest BCUT2D eigenvalue weighted by molar-refractivity contribution is 0.197. The molecule has 2 heterocycles. The van der Waals surface area contributed by atoms with E-state index in [1.807, 2.05) is 16.7 Å². The predicted octanol–water partition coefficient (Wildman–Crippen LogP) is 2.46. The van der Waals surface area contributed by atoms with Gasteiger partial charge in [-0.05, 0) is 23.3 Å². The number of methoxy groups -OCH3 is 1. The van der Waals surface area contributed by atoms with Crippen LogP contribution in [0.5, 0.6) is 5.75 Å². The number of ether oxygens (including phenoxy) is 1. The van der Waals surface area contributed by atoms with Crippen LogP contribution in [0, 0.1) is 0 Å². The summed E-state index contributed by atoms with van der Waals surface area (Å²) < 4.78 is 7.58. The van der Waals surface area contributed by atoms with E-state index in [1.54, 1.807) is 7.11 Å². The van der Waals surface area contributed by atoms with Crippen molar-refractivity contribution in [2.24, 2.45) is 0 Å². The molecule has 0 fully saturated rings. The van der Waals surface area contributed by atoms with Gasteiger partial charge in [-0.25, -0.2) is 0 Å². The smallest absolute Gasteiger partial charge is 0.158 e. The quantitative estimate of drug-likeness (QED) is 0.766. The minimum atomic E-state index is -0.0695. The number of fused-ring (bicyclic) bond motifs is 1. The van der Waals surface area contributed by atoms with Crippen LogP contribution in [0.3, 0.4) is 0 Å². The summed E-state index contributed by atoms with van der Waals surface area (Å²) in [5, 5.41) is 17.6. The summed E-state index contributed by atoms with van der Waals surface area (Å²) in [5.41, 5.74) is 3.54. The molecule has 0 spiro atoms. The van der Waals surface area contributed by atoms with Crippen molar-refractivity contribution in [2.45, 2.75) is 26.2 Å². The molecule has 0 unspecified atom stereocenters. The number of hydrogen-bond donors (Lipinski definition) is 1. The van der Waals surface area contributed by atoms with Crippen molar-refractivity contribution >= 4 is 0 Å². The highest BCUT2D eigenvalue weighted by Gasteiger charge is 2.21. The molecule has 1 aromatic heterocycles. The van der Waals surface area contributed by atoms with E-state index in [1.165, 1.54) is 11.1 Å². The molecule has 1 N–H and O–H groups in total. The van der Waals surface area contributed by atoms with E-state index >= 15 is 0 Å². The van der Waals surface area contributed by atoms with Crippen molar-refractivity contribution in [3.63, 3.8) is 0 Å². The van der Waals surface area contributed by atoms with Crippen LogP contribution in [0.25, 0.3) is 11.1 Å². The highest BCUT2D eigenvalue weighted by Crippen LogP contribution is 2.28. The lowest BCUT2D eigenvalue weighted by Gasteiger charge is -2.28. The van der Waals surface area contributed by atoms with Gasteiger partial charge in [-0.1, -0.05) is 36.4 Å². The molecule has 1 aliphatic heterocycles. The maximum atomic E-state index is 9.34. The van der Waals surface area contributed by atoms with Gasteiger partial charge in [0.05, 0.1) is 13.7 Å². The summed E-state index contributed by atoms with van der Waals surface area (Å²) in [7, 11) is 1.71. The van der Waals surface area contributed by atoms with Gasteiger partial charge in [0, 0.05) is 25.2 Å². The van der Waals surface area contributed by atoms with Crippen molar-refractivity contribution in [3.05, 3.63) is 65.7 Å². The minimum absolute atomic E-state index is 0.0695. The van der Waals surface area contributed by atoms with Crippen LogP contribution in [0.2, 0.25) is 0 Å². The molecular weight excluding hydrogens is 328 g/mol. The summed E-state index contributed by atoms with van der Waals surface area (Å²) in [6.45, 7) is 3.10. The van der Waals surface area contributed by atoms with E-state index in [0.29, 0.717) is 12.4 Å². The third-order valence-corrected chi connectivity index (χ3v) is 4.83. The number of benzene rings is 2. The first-order chi connectivity index (χ1) is 12.8. The van der Waals surface area contributed by atoms with Crippen molar-refractivity contribution in [2.75, 3.05) is 13.7 Å². The van der Waals surface area contributed by atoms with E-state index in [-0.39, 0.29) is 6.61 Å². The van der Waals surface area contributed by atoms with E-state index in [2.05, 4.69) is 51.5 Å². The molecule has 134 valence electrons. The summed E-state index contributed by atoms with van der Waals surface area (Å²) in [6.07, 6.45) is 0. The zero-order valence-electron chi connectivity index (χ0n) is 14.8. The van der Waals surface area contributed by atoms with Crippen LogP contribution in [-0.4, -0.2) is 38.4 Å². The Bertz CT molecular complexity index is 892. The highest BCUT2D eigenvalue weighted by molar-refractivity contribution is 5.65. The highest BCUT2D eigenvalue weighted by atomic mass is 16.5. The Labute approximate surface area is 152 Å². The number of aliphatic hydroxyl groups is 1. The van der Waals surface area contributed by atoms with E-state index in [4.69, 9.17) is 4.74 Å². The van der Waals surface area contributed by atoms with Crippen molar-refractivity contribution in [1.29, 1.82) is 0 Å². The maximum absolute atomic E-state index is 9.34. The molecule has 0 saturated carbocycles. The molecule has 0 saturated heterocycles. The van der Waals surface area contributed by atoms with Gasteiger partial charge in [-0.2, -0.15) is 0 Å². The van der Waals surface area contributed by atoms with Gasteiger partial charge in [0.15, 0.2) is 5.82 Å². The molecule has 0 atom stereocenters. The molecular formula is C20H22N4O2. The van der Waals surface area contributed by atoms with Crippen LogP contribution < -0.4 is 4.74 Å². The number of nitrogens with zero attached hydrogens (tertiary/aromatic N) is 4. The molecule has 0 radical (unpaired) electrons. The molecule has 6 nitrogen and oxygen atoms in total. The van der Waals surface area contributed by atoms with Crippen molar-refractivity contribution in [1.82, 2.24) is 19.7 Å². The van der Waals surface area contributed by atoms with Gasteiger partial charge >= 0.3 is 0 Å². The fraction of sp³-hybridized carbons (Fsp3) is 0.300. The molecule has 26 heavy (non-hydrogen) atoms. The molecule has 0 bridgehead atoms. The summed E-state index contributed by atoms with van der Waals surface area (Å²) in [4.78, 5) is 2.33. The largest absolute Gasteiger partial charge is 0.496 e. The first kappa shape index (κ1) is 16.8. The molecule has 0 amide bonds. The number of hydrogen-bond acceptors (Lipinski definition) is 5. The Morgan fingerprint density at radius 2 is 1.88 bits per heavy atom. The maximum Gasteiger partial charge on any atom is 0.158 e. The average Bonchev–Trinajstić information content (AvgIpc) is 3.11. The number of aromatic nitrogens is 3. The fourth-order valence-corrected chi connectivity index (χ4v) is 3.47. The van der Waals surface area contributed by atoms with Gasteiger partial charge in [0.1, 0.15) is 18.2 Å². The average molecular weight is 350 g/mol. The Morgan fingerprint density at radius 3 is 2.65 bits per heavy atom. The zero-order valence-corrected chi connectivity index (χ0v) is 14.8. The number of aliphatic hydroxyl groups excluding tert-OH is 1. The van der Waals surface area contributed by atoms with Crippen molar-refractivity contribution in [3.8, 4) is 16.9 Å². The topological polar surface area (TPSA) is 63.4 Å². The molecule has 0 aliphatic carbocycles. The standard InChI is InChI=1S/C20H22N4O2/c1-26-18-8-7-16(15-5-3-2-4-6-15)11-17(18)12-23-9-10-24-19(13-23)21-22-20(24)14-25/h2-8,11,25H,9-10,12-14H2,1H3. The van der Waals surface area contributed by atoms with E-state index in [9.17, 15) is 5.11 Å². The van der Waals surface area contributed by atoms with Crippen LogP contribution in [0.1, 0.15) is 17.2 Å². The van der Waals surface area contributed by atoms with E-state index in [0.717, 1.165) is 36.8 Å². The van der Waals surface area contributed by atoms with Crippen LogP contribution in [0.15, 0.2) is 48.5 Å². The zero-order chi connectivity index (χ0) is 17.9. The Morgan fingerprint density at radius 1 is 1.04 bits per heavy atom. The molecule has 1 aliphatic rings. The van der Waals surface area contributed by atoms with Crippen LogP contribution >= 0.6 is 0 Å².